The summed E-state index contributed by atoms with van der Waals surface area (Å²) in [5, 5.41) is 12.7. The van der Waals surface area contributed by atoms with E-state index in [0.29, 0.717) is 15.9 Å². The van der Waals surface area contributed by atoms with Crippen molar-refractivity contribution in [2.24, 2.45) is 0 Å². The van der Waals surface area contributed by atoms with E-state index in [9.17, 15) is 4.79 Å². The van der Waals surface area contributed by atoms with Gasteiger partial charge in [-0.25, -0.2) is 0 Å². The topological polar surface area (TPSA) is 66.0 Å². The first kappa shape index (κ1) is 16.7. The average Bonchev–Trinajstić information content (AvgIpc) is 2.86. The Morgan fingerprint density at radius 1 is 1.45 bits per heavy atom. The van der Waals surface area contributed by atoms with Crippen molar-refractivity contribution in [1.82, 2.24) is 5.32 Å². The van der Waals surface area contributed by atoms with Crippen molar-refractivity contribution in [2.45, 2.75) is 9.99 Å². The highest BCUT2D eigenvalue weighted by Gasteiger charge is 2.12. The maximum atomic E-state index is 11.5. The molecule has 0 aliphatic rings. The molecule has 0 radical (unpaired) electrons. The van der Waals surface area contributed by atoms with Crippen LogP contribution in [-0.4, -0.2) is 13.0 Å². The Morgan fingerprint density at radius 2 is 2.14 bits per heavy atom. The average molecular weight is 398 g/mol. The lowest BCUT2D eigenvalue weighted by molar-refractivity contribution is -0.116. The first-order valence-corrected chi connectivity index (χ1v) is 8.09. The molecule has 0 saturated carbocycles. The van der Waals surface area contributed by atoms with Crippen LogP contribution in [0.2, 0.25) is 5.02 Å². The maximum Gasteiger partial charge on any atom is 0.261 e. The predicted molar refractivity (Wildman–Crippen MR) is 89.6 cm³/mol. The molecule has 0 aliphatic carbocycles. The summed E-state index contributed by atoms with van der Waals surface area (Å²) < 4.78 is 6.39. The lowest BCUT2D eigenvalue weighted by Gasteiger charge is -1.99. The van der Waals surface area contributed by atoms with Gasteiger partial charge in [-0.15, -0.1) is 0 Å². The number of hydrogen-bond donors (Lipinski definition) is 1. The maximum absolute atomic E-state index is 11.5. The van der Waals surface area contributed by atoms with E-state index >= 15 is 0 Å². The monoisotopic (exact) mass is 396 g/mol. The molecular weight excluding hydrogens is 388 g/mol. The molecule has 22 heavy (non-hydrogen) atoms. The van der Waals surface area contributed by atoms with Gasteiger partial charge in [0, 0.05) is 23.0 Å². The Balaban J connectivity index is 2.24. The molecule has 1 aromatic carbocycles. The van der Waals surface area contributed by atoms with Gasteiger partial charge < -0.3 is 9.73 Å². The number of amides is 1. The Hall–Kier alpha value is -1.68. The highest BCUT2D eigenvalue weighted by molar-refractivity contribution is 9.10. The number of carbonyl (C=O) groups excluding carboxylic acids is 1. The summed E-state index contributed by atoms with van der Waals surface area (Å²) in [6.45, 7) is 0. The second-order valence-corrected chi connectivity index (χ2v) is 6.43. The number of nitriles is 1. The number of benzene rings is 1. The summed E-state index contributed by atoms with van der Waals surface area (Å²) in [5.74, 6) is -0.0367. The summed E-state index contributed by atoms with van der Waals surface area (Å²) in [5.41, 5.74) is -0.0215. The lowest BCUT2D eigenvalue weighted by atomic mass is 10.2. The van der Waals surface area contributed by atoms with Gasteiger partial charge in [0.25, 0.3) is 5.91 Å². The molecule has 0 unspecified atom stereocenters. The Morgan fingerprint density at radius 3 is 2.73 bits per heavy atom. The smallest absolute Gasteiger partial charge is 0.261 e. The highest BCUT2D eigenvalue weighted by atomic mass is 79.9. The van der Waals surface area contributed by atoms with Crippen LogP contribution in [0.4, 0.5) is 0 Å². The summed E-state index contributed by atoms with van der Waals surface area (Å²) in [7, 11) is 1.47. The van der Waals surface area contributed by atoms with Gasteiger partial charge in [-0.3, -0.25) is 4.79 Å². The van der Waals surface area contributed by atoms with E-state index < -0.39 is 5.91 Å². The zero-order valence-corrected chi connectivity index (χ0v) is 14.6. The third kappa shape index (κ3) is 4.17. The number of hydrogen-bond acceptors (Lipinski definition) is 4. The second kappa shape index (κ2) is 7.54. The van der Waals surface area contributed by atoms with Crippen LogP contribution in [-0.2, 0) is 4.79 Å². The molecule has 0 atom stereocenters. The van der Waals surface area contributed by atoms with E-state index in [0.717, 1.165) is 9.37 Å². The Bertz CT molecular complexity index is 763. The Kier molecular flexibility index (Phi) is 5.72. The fourth-order valence-electron chi connectivity index (χ4n) is 1.54. The van der Waals surface area contributed by atoms with E-state index in [4.69, 9.17) is 21.3 Å². The highest BCUT2D eigenvalue weighted by Crippen LogP contribution is 2.36. The van der Waals surface area contributed by atoms with Crippen molar-refractivity contribution in [3.8, 4) is 6.07 Å². The van der Waals surface area contributed by atoms with Gasteiger partial charge in [0.2, 0.25) is 0 Å². The fraction of sp³-hybridized carbons (Fsp3) is 0.0667. The van der Waals surface area contributed by atoms with Crippen LogP contribution in [0.1, 0.15) is 5.76 Å². The number of rotatable bonds is 4. The lowest BCUT2D eigenvalue weighted by Crippen LogP contribution is -2.18. The first-order valence-electron chi connectivity index (χ1n) is 6.10. The SMILES string of the molecule is CNC(=O)C(C#N)=Cc1cc(Br)c(Sc2ccc(Cl)cc2)o1. The van der Waals surface area contributed by atoms with Crippen LogP contribution in [0.3, 0.4) is 0 Å². The van der Waals surface area contributed by atoms with Crippen molar-refractivity contribution >= 4 is 51.3 Å². The minimum Gasteiger partial charge on any atom is -0.449 e. The van der Waals surface area contributed by atoms with Crippen LogP contribution in [0.15, 0.2) is 54.8 Å². The molecule has 0 aliphatic heterocycles. The minimum absolute atomic E-state index is 0.0215. The fourth-order valence-corrected chi connectivity index (χ4v) is 3.00. The third-order valence-electron chi connectivity index (χ3n) is 2.58. The Labute approximate surface area is 145 Å². The molecule has 2 rings (SSSR count). The molecule has 112 valence electrons. The molecule has 1 N–H and O–H groups in total. The van der Waals surface area contributed by atoms with Gasteiger partial charge in [-0.05, 0) is 46.3 Å². The van der Waals surface area contributed by atoms with Gasteiger partial charge in [0.05, 0.1) is 4.47 Å². The van der Waals surface area contributed by atoms with E-state index in [-0.39, 0.29) is 5.57 Å². The van der Waals surface area contributed by atoms with Crippen LogP contribution >= 0.6 is 39.3 Å². The number of likely N-dealkylation sites (N-methyl/N-ethyl adjacent to an activating group) is 1. The minimum atomic E-state index is -0.457. The standard InChI is InChI=1S/C15H10BrClN2O2S/c1-19-14(20)9(8-18)6-11-7-13(16)15(21-11)22-12-4-2-10(17)3-5-12/h2-7H,1H3,(H,19,20). The number of carbonyl (C=O) groups is 1. The molecule has 0 spiro atoms. The zero-order chi connectivity index (χ0) is 16.1. The molecular formula is C15H10BrClN2O2S. The first-order chi connectivity index (χ1) is 10.5. The molecule has 0 bridgehead atoms. The van der Waals surface area contributed by atoms with Gasteiger partial charge >= 0.3 is 0 Å². The van der Waals surface area contributed by atoms with Crippen LogP contribution in [0, 0.1) is 11.3 Å². The van der Waals surface area contributed by atoms with Crippen LogP contribution in [0.5, 0.6) is 0 Å². The zero-order valence-electron chi connectivity index (χ0n) is 11.4. The normalized spacial score (nSPS) is 11.1. The molecule has 2 aromatic rings. The summed E-state index contributed by atoms with van der Waals surface area (Å²) in [4.78, 5) is 12.4. The van der Waals surface area contributed by atoms with Crippen molar-refractivity contribution in [3.63, 3.8) is 0 Å². The second-order valence-electron chi connectivity index (χ2n) is 4.09. The quantitative estimate of drug-likeness (QED) is 0.609. The predicted octanol–water partition coefficient (Wildman–Crippen LogP) is 4.50. The third-order valence-corrected chi connectivity index (χ3v) is 4.68. The van der Waals surface area contributed by atoms with E-state index in [1.807, 2.05) is 18.2 Å². The number of furan rings is 1. The van der Waals surface area contributed by atoms with Crippen molar-refractivity contribution in [2.75, 3.05) is 7.05 Å². The molecule has 4 nitrogen and oxygen atoms in total. The summed E-state index contributed by atoms with van der Waals surface area (Å²) >= 11 is 10.7. The molecule has 0 fully saturated rings. The van der Waals surface area contributed by atoms with Gasteiger partial charge in [0.15, 0.2) is 5.09 Å². The van der Waals surface area contributed by atoms with Gasteiger partial charge in [-0.2, -0.15) is 5.26 Å². The molecule has 7 heteroatoms. The van der Waals surface area contributed by atoms with E-state index in [2.05, 4.69) is 21.2 Å². The van der Waals surface area contributed by atoms with Gasteiger partial charge in [0.1, 0.15) is 17.4 Å². The largest absolute Gasteiger partial charge is 0.449 e. The molecule has 1 amide bonds. The summed E-state index contributed by atoms with van der Waals surface area (Å²) in [6.07, 6.45) is 1.40. The summed E-state index contributed by atoms with van der Waals surface area (Å²) in [6, 6.07) is 10.9. The molecule has 0 saturated heterocycles. The number of nitrogens with one attached hydrogen (secondary N) is 1. The van der Waals surface area contributed by atoms with Crippen LogP contribution < -0.4 is 5.32 Å². The molecule has 1 aromatic heterocycles. The van der Waals surface area contributed by atoms with E-state index in [1.54, 1.807) is 18.2 Å². The number of halogens is 2. The van der Waals surface area contributed by atoms with Crippen molar-refractivity contribution in [3.05, 3.63) is 51.2 Å². The van der Waals surface area contributed by atoms with Crippen LogP contribution in [0.25, 0.3) is 6.08 Å². The molecule has 1 heterocycles. The van der Waals surface area contributed by atoms with Crippen molar-refractivity contribution < 1.29 is 9.21 Å². The number of nitrogens with zero attached hydrogens (tertiary/aromatic N) is 1. The van der Waals surface area contributed by atoms with Gasteiger partial charge in [-0.1, -0.05) is 23.4 Å². The van der Waals surface area contributed by atoms with E-state index in [1.165, 1.54) is 24.9 Å². The van der Waals surface area contributed by atoms with Crippen molar-refractivity contribution in [1.29, 1.82) is 5.26 Å².